The molecule has 0 heterocycles. The third-order valence-corrected chi connectivity index (χ3v) is 2.52. The molecule has 0 aromatic heterocycles. The van der Waals surface area contributed by atoms with Gasteiger partial charge in [-0.2, -0.15) is 4.40 Å². The lowest BCUT2D eigenvalue weighted by Gasteiger charge is -2.19. The Labute approximate surface area is 72.2 Å². The molecule has 1 atom stereocenters. The quantitative estimate of drug-likeness (QED) is 0.278. The van der Waals surface area contributed by atoms with Crippen LogP contribution in [-0.4, -0.2) is 30.3 Å². The average Bonchev–Trinajstić information content (AvgIpc) is 1.87. The molecule has 11 heavy (non-hydrogen) atoms. The maximum absolute atomic E-state index is 5.18. The average molecular weight is 176 g/mol. The largest absolute Gasteiger partial charge is 0.369 e. The minimum absolute atomic E-state index is 0.135. The molecule has 1 unspecified atom stereocenters. The summed E-state index contributed by atoms with van der Waals surface area (Å²) in [5, 5.41) is 0.358. The molecule has 0 bridgehead atoms. The first kappa shape index (κ1) is 10.6. The van der Waals surface area contributed by atoms with Gasteiger partial charge in [0.05, 0.1) is 5.37 Å². The van der Waals surface area contributed by atoms with Gasteiger partial charge >= 0.3 is 0 Å². The van der Waals surface area contributed by atoms with Gasteiger partial charge in [0.25, 0.3) is 0 Å². The van der Waals surface area contributed by atoms with Gasteiger partial charge in [-0.3, -0.25) is 4.90 Å². The van der Waals surface area contributed by atoms with E-state index in [1.165, 1.54) is 11.9 Å². The Hall–Kier alpha value is -0.420. The Kier molecular flexibility index (Phi) is 5.06. The second-order valence-corrected chi connectivity index (χ2v) is 3.39. The summed E-state index contributed by atoms with van der Waals surface area (Å²) in [6.45, 7) is 2.10. The lowest BCUT2D eigenvalue weighted by Crippen LogP contribution is -2.26. The molecule has 0 aliphatic heterocycles. The van der Waals surface area contributed by atoms with Crippen molar-refractivity contribution in [1.82, 2.24) is 4.90 Å². The zero-order valence-corrected chi connectivity index (χ0v) is 8.06. The van der Waals surface area contributed by atoms with Crippen molar-refractivity contribution in [3.05, 3.63) is 0 Å². The molecule has 5 heteroatoms. The molecule has 4 nitrogen and oxygen atoms in total. The number of nitrogens with two attached hydrogens (primary N) is 2. The molecule has 0 rings (SSSR count). The third kappa shape index (κ3) is 4.92. The van der Waals surface area contributed by atoms with Crippen LogP contribution in [0.25, 0.3) is 0 Å². The van der Waals surface area contributed by atoms with E-state index < -0.39 is 0 Å². The maximum atomic E-state index is 5.18. The van der Waals surface area contributed by atoms with E-state index in [1.54, 1.807) is 0 Å². The SMILES string of the molecule is CCC(SN=C(N)N)N(C)C. The summed E-state index contributed by atoms with van der Waals surface area (Å²) in [6, 6.07) is 0. The molecule has 4 N–H and O–H groups in total. The van der Waals surface area contributed by atoms with Gasteiger partial charge in [0.2, 0.25) is 0 Å². The first-order chi connectivity index (χ1) is 5.07. The summed E-state index contributed by atoms with van der Waals surface area (Å²) in [5.74, 6) is 0.135. The fourth-order valence-electron chi connectivity index (χ4n) is 0.656. The Morgan fingerprint density at radius 2 is 2.09 bits per heavy atom. The Balaban J connectivity index is 3.79. The fourth-order valence-corrected chi connectivity index (χ4v) is 1.24. The number of hydrogen-bond donors (Lipinski definition) is 2. The van der Waals surface area contributed by atoms with Crippen LogP contribution in [0.4, 0.5) is 0 Å². The van der Waals surface area contributed by atoms with Crippen molar-refractivity contribution in [3.63, 3.8) is 0 Å². The van der Waals surface area contributed by atoms with Crippen LogP contribution in [0.1, 0.15) is 13.3 Å². The van der Waals surface area contributed by atoms with Gasteiger partial charge in [-0.15, -0.1) is 0 Å². The molecule has 0 aliphatic rings. The van der Waals surface area contributed by atoms with E-state index in [4.69, 9.17) is 11.5 Å². The van der Waals surface area contributed by atoms with Crippen LogP contribution in [0.2, 0.25) is 0 Å². The van der Waals surface area contributed by atoms with Gasteiger partial charge in [0, 0.05) is 0 Å². The van der Waals surface area contributed by atoms with Gasteiger partial charge in [-0.05, 0) is 32.5 Å². The van der Waals surface area contributed by atoms with E-state index in [9.17, 15) is 0 Å². The minimum Gasteiger partial charge on any atom is -0.369 e. The fraction of sp³-hybridized carbons (Fsp3) is 0.833. The van der Waals surface area contributed by atoms with E-state index >= 15 is 0 Å². The van der Waals surface area contributed by atoms with E-state index in [0.29, 0.717) is 5.37 Å². The summed E-state index contributed by atoms with van der Waals surface area (Å²) < 4.78 is 3.86. The monoisotopic (exact) mass is 176 g/mol. The molecule has 0 amide bonds. The van der Waals surface area contributed by atoms with E-state index in [1.807, 2.05) is 14.1 Å². The first-order valence-corrected chi connectivity index (χ1v) is 4.32. The summed E-state index contributed by atoms with van der Waals surface area (Å²) in [4.78, 5) is 2.08. The summed E-state index contributed by atoms with van der Waals surface area (Å²) in [5.41, 5.74) is 10.4. The number of nitrogens with zero attached hydrogens (tertiary/aromatic N) is 2. The predicted molar refractivity (Wildman–Crippen MR) is 51.2 cm³/mol. The molecular formula is C6H16N4S. The second kappa shape index (κ2) is 5.26. The van der Waals surface area contributed by atoms with Crippen LogP contribution in [0, 0.1) is 0 Å². The summed E-state index contributed by atoms with van der Waals surface area (Å²) in [6.07, 6.45) is 1.02. The van der Waals surface area contributed by atoms with Gasteiger partial charge in [-0.1, -0.05) is 6.92 Å². The molecule has 0 saturated heterocycles. The first-order valence-electron chi connectivity index (χ1n) is 3.49. The molecule has 0 saturated carbocycles. The van der Waals surface area contributed by atoms with E-state index in [-0.39, 0.29) is 5.96 Å². The highest BCUT2D eigenvalue weighted by molar-refractivity contribution is 7.98. The smallest absolute Gasteiger partial charge is 0.197 e. The summed E-state index contributed by atoms with van der Waals surface area (Å²) in [7, 11) is 4.01. The summed E-state index contributed by atoms with van der Waals surface area (Å²) >= 11 is 1.40. The third-order valence-electron chi connectivity index (χ3n) is 1.20. The van der Waals surface area contributed by atoms with Crippen molar-refractivity contribution in [3.8, 4) is 0 Å². The topological polar surface area (TPSA) is 67.6 Å². The molecule has 0 radical (unpaired) electrons. The lowest BCUT2D eigenvalue weighted by molar-refractivity contribution is 0.376. The maximum Gasteiger partial charge on any atom is 0.197 e. The van der Waals surface area contributed by atoms with Gasteiger partial charge < -0.3 is 11.5 Å². The van der Waals surface area contributed by atoms with Crippen molar-refractivity contribution < 1.29 is 0 Å². The number of rotatable bonds is 4. The molecule has 0 aliphatic carbocycles. The molecular weight excluding hydrogens is 160 g/mol. The minimum atomic E-state index is 0.135. The highest BCUT2D eigenvalue weighted by Crippen LogP contribution is 2.16. The zero-order valence-electron chi connectivity index (χ0n) is 7.24. The number of guanidine groups is 1. The van der Waals surface area contributed by atoms with Crippen LogP contribution in [0.5, 0.6) is 0 Å². The van der Waals surface area contributed by atoms with Gasteiger partial charge in [0.1, 0.15) is 0 Å². The van der Waals surface area contributed by atoms with Crippen molar-refractivity contribution in [1.29, 1.82) is 0 Å². The molecule has 0 aromatic carbocycles. The van der Waals surface area contributed by atoms with Crippen LogP contribution in [-0.2, 0) is 0 Å². The zero-order chi connectivity index (χ0) is 8.85. The van der Waals surface area contributed by atoms with E-state index in [0.717, 1.165) is 6.42 Å². The Morgan fingerprint density at radius 3 is 2.36 bits per heavy atom. The molecule has 0 spiro atoms. The lowest BCUT2D eigenvalue weighted by atomic mass is 10.4. The highest BCUT2D eigenvalue weighted by Gasteiger charge is 2.07. The van der Waals surface area contributed by atoms with Crippen LogP contribution in [0.15, 0.2) is 4.40 Å². The van der Waals surface area contributed by atoms with Gasteiger partial charge in [-0.25, -0.2) is 0 Å². The molecule has 66 valence electrons. The predicted octanol–water partition coefficient (Wildman–Crippen LogP) is 0.206. The highest BCUT2D eigenvalue weighted by atomic mass is 32.2. The second-order valence-electron chi connectivity index (χ2n) is 2.45. The Bertz CT molecular complexity index is 131. The van der Waals surface area contributed by atoms with Crippen molar-refractivity contribution >= 4 is 17.9 Å². The Morgan fingerprint density at radius 1 is 1.55 bits per heavy atom. The number of hydrogen-bond acceptors (Lipinski definition) is 3. The molecule has 0 aromatic rings. The van der Waals surface area contributed by atoms with Crippen molar-refractivity contribution in [2.24, 2.45) is 15.9 Å². The molecule has 0 fully saturated rings. The van der Waals surface area contributed by atoms with Crippen LogP contribution < -0.4 is 11.5 Å². The standard InChI is InChI=1S/C6H16N4S/c1-4-5(10(2)3)11-9-6(7)8/h5H,4H2,1-3H3,(H4,7,8,9). The van der Waals surface area contributed by atoms with Crippen molar-refractivity contribution in [2.45, 2.75) is 18.7 Å². The van der Waals surface area contributed by atoms with Crippen molar-refractivity contribution in [2.75, 3.05) is 14.1 Å². The van der Waals surface area contributed by atoms with E-state index in [2.05, 4.69) is 16.2 Å². The normalized spacial score (nSPS) is 13.1. The van der Waals surface area contributed by atoms with Gasteiger partial charge in [0.15, 0.2) is 5.96 Å². The van der Waals surface area contributed by atoms with Crippen LogP contribution >= 0.6 is 11.9 Å². The van der Waals surface area contributed by atoms with Crippen LogP contribution in [0.3, 0.4) is 0 Å².